The van der Waals surface area contributed by atoms with E-state index in [-0.39, 0.29) is 17.6 Å². The number of carbonyl (C=O) groups is 2. The molecule has 0 unspecified atom stereocenters. The Morgan fingerprint density at radius 2 is 2.03 bits per heavy atom. The number of hydrogen-bond donors (Lipinski definition) is 2. The highest BCUT2D eigenvalue weighted by Crippen LogP contribution is 2.20. The van der Waals surface area contributed by atoms with Crippen LogP contribution in [0.5, 0.6) is 0 Å². The van der Waals surface area contributed by atoms with Crippen molar-refractivity contribution in [3.8, 4) is 0 Å². The second-order valence-electron chi connectivity index (χ2n) is 7.64. The van der Waals surface area contributed by atoms with Crippen molar-refractivity contribution < 1.29 is 18.7 Å². The van der Waals surface area contributed by atoms with Gasteiger partial charge in [-0.3, -0.25) is 14.7 Å². The lowest BCUT2D eigenvalue weighted by molar-refractivity contribution is -0.135. The third kappa shape index (κ3) is 6.22. The standard InChI is InChI=1S/C22H28FN5O3/c1-15-4-6-18(11-24-15)25-22(30)26-21-10-17(5-7-20(21)23)12-27-8-9-28(16(2)29)19(13-27)14-31-3/h4-7,10-11,19H,8-9,12-14H2,1-3H3,(H2,25,26,30)/t19-/m0/s1. The Bertz CT molecular complexity index is 922. The van der Waals surface area contributed by atoms with E-state index in [0.29, 0.717) is 38.5 Å². The Morgan fingerprint density at radius 1 is 1.23 bits per heavy atom. The van der Waals surface area contributed by atoms with E-state index in [2.05, 4.69) is 20.5 Å². The molecule has 0 aliphatic carbocycles. The third-order valence-electron chi connectivity index (χ3n) is 5.18. The lowest BCUT2D eigenvalue weighted by Crippen LogP contribution is -2.55. The zero-order valence-electron chi connectivity index (χ0n) is 18.0. The predicted octanol–water partition coefficient (Wildman–Crippen LogP) is 2.85. The normalized spacial score (nSPS) is 16.8. The second kappa shape index (κ2) is 10.3. The van der Waals surface area contributed by atoms with E-state index in [1.807, 2.05) is 11.8 Å². The molecular weight excluding hydrogens is 401 g/mol. The number of halogens is 1. The third-order valence-corrected chi connectivity index (χ3v) is 5.18. The van der Waals surface area contributed by atoms with Gasteiger partial charge in [-0.1, -0.05) is 6.07 Å². The number of anilines is 2. The van der Waals surface area contributed by atoms with Crippen molar-refractivity contribution in [1.29, 1.82) is 0 Å². The molecular formula is C22H28FN5O3. The van der Waals surface area contributed by atoms with E-state index in [9.17, 15) is 14.0 Å². The van der Waals surface area contributed by atoms with E-state index in [1.54, 1.807) is 44.5 Å². The quantitative estimate of drug-likeness (QED) is 0.738. The van der Waals surface area contributed by atoms with Crippen molar-refractivity contribution in [2.24, 2.45) is 0 Å². The van der Waals surface area contributed by atoms with E-state index >= 15 is 0 Å². The highest BCUT2D eigenvalue weighted by Gasteiger charge is 2.28. The maximum absolute atomic E-state index is 14.3. The van der Waals surface area contributed by atoms with Crippen LogP contribution in [0.15, 0.2) is 36.5 Å². The summed E-state index contributed by atoms with van der Waals surface area (Å²) in [5.74, 6) is -0.482. The molecule has 1 aliphatic heterocycles. The number of benzene rings is 1. The molecule has 2 aromatic rings. The van der Waals surface area contributed by atoms with Crippen molar-refractivity contribution >= 4 is 23.3 Å². The molecule has 1 atom stereocenters. The largest absolute Gasteiger partial charge is 0.382 e. The summed E-state index contributed by atoms with van der Waals surface area (Å²) in [6.07, 6.45) is 1.54. The molecule has 1 saturated heterocycles. The average Bonchev–Trinajstić information content (AvgIpc) is 2.72. The molecule has 8 nitrogen and oxygen atoms in total. The van der Waals surface area contributed by atoms with Gasteiger partial charge in [0.05, 0.1) is 30.2 Å². The van der Waals surface area contributed by atoms with E-state index in [1.165, 1.54) is 6.07 Å². The summed E-state index contributed by atoms with van der Waals surface area (Å²) in [5, 5.41) is 5.20. The topological polar surface area (TPSA) is 86.8 Å². The average molecular weight is 429 g/mol. The Kier molecular flexibility index (Phi) is 7.54. The van der Waals surface area contributed by atoms with Gasteiger partial charge >= 0.3 is 6.03 Å². The molecule has 166 valence electrons. The number of nitrogens with one attached hydrogen (secondary N) is 2. The molecule has 1 aromatic heterocycles. The lowest BCUT2D eigenvalue weighted by Gasteiger charge is -2.40. The number of hydrogen-bond acceptors (Lipinski definition) is 5. The number of rotatable bonds is 6. The number of ether oxygens (including phenoxy) is 1. The fourth-order valence-corrected chi connectivity index (χ4v) is 3.66. The number of urea groups is 1. The van der Waals surface area contributed by atoms with Crippen LogP contribution in [0.4, 0.5) is 20.6 Å². The highest BCUT2D eigenvalue weighted by molar-refractivity contribution is 5.99. The maximum atomic E-state index is 14.3. The molecule has 1 fully saturated rings. The van der Waals surface area contributed by atoms with Gasteiger partial charge in [0.2, 0.25) is 5.91 Å². The lowest BCUT2D eigenvalue weighted by atomic mass is 10.1. The summed E-state index contributed by atoms with van der Waals surface area (Å²) in [5.41, 5.74) is 2.32. The molecule has 9 heteroatoms. The first-order chi connectivity index (χ1) is 14.9. The maximum Gasteiger partial charge on any atom is 0.323 e. The SMILES string of the molecule is COC[C@@H]1CN(Cc2ccc(F)c(NC(=O)Nc3ccc(C)nc3)c2)CCN1C(C)=O. The van der Waals surface area contributed by atoms with E-state index in [4.69, 9.17) is 4.74 Å². The number of pyridine rings is 1. The van der Waals surface area contributed by atoms with Gasteiger partial charge in [0, 0.05) is 45.9 Å². The fraction of sp³-hybridized carbons (Fsp3) is 0.409. The van der Waals surface area contributed by atoms with Crippen LogP contribution in [0.25, 0.3) is 0 Å². The van der Waals surface area contributed by atoms with Gasteiger partial charge in [-0.15, -0.1) is 0 Å². The first-order valence-electron chi connectivity index (χ1n) is 10.1. The molecule has 2 heterocycles. The van der Waals surface area contributed by atoms with Crippen LogP contribution in [0.1, 0.15) is 18.2 Å². The smallest absolute Gasteiger partial charge is 0.323 e. The molecule has 0 saturated carbocycles. The minimum absolute atomic E-state index is 0.0248. The molecule has 0 bridgehead atoms. The van der Waals surface area contributed by atoms with Gasteiger partial charge < -0.3 is 20.3 Å². The molecule has 31 heavy (non-hydrogen) atoms. The van der Waals surface area contributed by atoms with Crippen molar-refractivity contribution in [2.75, 3.05) is 44.0 Å². The molecule has 1 aliphatic rings. The van der Waals surface area contributed by atoms with Crippen molar-refractivity contribution in [2.45, 2.75) is 26.4 Å². The predicted molar refractivity (Wildman–Crippen MR) is 116 cm³/mol. The zero-order chi connectivity index (χ0) is 22.4. The van der Waals surface area contributed by atoms with Gasteiger partial charge in [0.1, 0.15) is 5.82 Å². The number of methoxy groups -OCH3 is 1. The first kappa shape index (κ1) is 22.6. The van der Waals surface area contributed by atoms with Crippen molar-refractivity contribution in [1.82, 2.24) is 14.8 Å². The molecule has 2 N–H and O–H groups in total. The van der Waals surface area contributed by atoms with Crippen LogP contribution in [-0.2, 0) is 16.1 Å². The molecule has 0 radical (unpaired) electrons. The number of amides is 3. The summed E-state index contributed by atoms with van der Waals surface area (Å²) in [6.45, 7) is 6.43. The Hall–Kier alpha value is -3.04. The van der Waals surface area contributed by atoms with Crippen LogP contribution < -0.4 is 10.6 Å². The van der Waals surface area contributed by atoms with Crippen molar-refractivity contribution in [3.05, 3.63) is 53.6 Å². The Labute approximate surface area is 181 Å². The summed E-state index contributed by atoms with van der Waals surface area (Å²) < 4.78 is 19.5. The first-order valence-corrected chi connectivity index (χ1v) is 10.1. The number of piperazine rings is 1. The highest BCUT2D eigenvalue weighted by atomic mass is 19.1. The van der Waals surface area contributed by atoms with Gasteiger partial charge in [0.15, 0.2) is 0 Å². The second-order valence-corrected chi connectivity index (χ2v) is 7.64. The van der Waals surface area contributed by atoms with Gasteiger partial charge in [-0.25, -0.2) is 9.18 Å². The Balaban J connectivity index is 1.63. The van der Waals surface area contributed by atoms with Crippen molar-refractivity contribution in [3.63, 3.8) is 0 Å². The number of aromatic nitrogens is 1. The minimum Gasteiger partial charge on any atom is -0.382 e. The van der Waals surface area contributed by atoms with Gasteiger partial charge in [-0.2, -0.15) is 0 Å². The number of nitrogens with zero attached hydrogens (tertiary/aromatic N) is 3. The van der Waals surface area contributed by atoms with Crippen LogP contribution in [-0.4, -0.2) is 66.1 Å². The molecule has 3 rings (SSSR count). The van der Waals surface area contributed by atoms with Crippen LogP contribution in [0.2, 0.25) is 0 Å². The molecule has 0 spiro atoms. The minimum atomic E-state index is -0.545. The summed E-state index contributed by atoms with van der Waals surface area (Å²) in [7, 11) is 1.62. The van der Waals surface area contributed by atoms with Gasteiger partial charge in [0.25, 0.3) is 0 Å². The zero-order valence-corrected chi connectivity index (χ0v) is 18.0. The van der Waals surface area contributed by atoms with Crippen LogP contribution in [0.3, 0.4) is 0 Å². The number of carbonyl (C=O) groups excluding carboxylic acids is 2. The molecule has 1 aromatic carbocycles. The Morgan fingerprint density at radius 3 is 2.71 bits per heavy atom. The van der Waals surface area contributed by atoms with E-state index < -0.39 is 11.8 Å². The monoisotopic (exact) mass is 429 g/mol. The van der Waals surface area contributed by atoms with E-state index in [0.717, 1.165) is 11.3 Å². The summed E-state index contributed by atoms with van der Waals surface area (Å²) in [4.78, 5) is 32.2. The van der Waals surface area contributed by atoms with Crippen LogP contribution in [0, 0.1) is 12.7 Å². The van der Waals surface area contributed by atoms with Crippen LogP contribution >= 0.6 is 0 Å². The number of aryl methyl sites for hydroxylation is 1. The molecule has 3 amide bonds. The summed E-state index contributed by atoms with van der Waals surface area (Å²) >= 11 is 0. The fourth-order valence-electron chi connectivity index (χ4n) is 3.66. The van der Waals surface area contributed by atoms with Gasteiger partial charge in [-0.05, 0) is 36.8 Å². The summed E-state index contributed by atoms with van der Waals surface area (Å²) in [6, 6.07) is 7.61.